The van der Waals surface area contributed by atoms with Crippen molar-refractivity contribution < 1.29 is 18.7 Å². The first-order chi connectivity index (χ1) is 18.1. The van der Waals surface area contributed by atoms with Crippen LogP contribution < -0.4 is 4.74 Å². The van der Waals surface area contributed by atoms with Crippen LogP contribution in [-0.2, 0) is 17.8 Å². The predicted octanol–water partition coefficient (Wildman–Crippen LogP) is 6.15. The lowest BCUT2D eigenvalue weighted by molar-refractivity contribution is 0.0727. The van der Waals surface area contributed by atoms with Crippen LogP contribution in [0.4, 0.5) is 4.39 Å². The van der Waals surface area contributed by atoms with Crippen LogP contribution in [0.1, 0.15) is 28.0 Å². The Kier molecular flexibility index (Phi) is 7.87. The van der Waals surface area contributed by atoms with E-state index in [0.29, 0.717) is 31.2 Å². The van der Waals surface area contributed by atoms with Gasteiger partial charge < -0.3 is 14.4 Å². The van der Waals surface area contributed by atoms with Gasteiger partial charge in [0.05, 0.1) is 25.5 Å². The molecule has 188 valence electrons. The Morgan fingerprint density at radius 3 is 2.59 bits per heavy atom. The maximum atomic E-state index is 13.8. The van der Waals surface area contributed by atoms with Gasteiger partial charge in [-0.3, -0.25) is 9.78 Å². The van der Waals surface area contributed by atoms with Gasteiger partial charge in [-0.05, 0) is 71.6 Å². The second-order valence-corrected chi connectivity index (χ2v) is 9.26. The molecule has 0 aliphatic carbocycles. The van der Waals surface area contributed by atoms with E-state index >= 15 is 0 Å². The van der Waals surface area contributed by atoms with Crippen LogP contribution in [0.2, 0.25) is 0 Å². The lowest BCUT2D eigenvalue weighted by Crippen LogP contribution is -2.30. The highest BCUT2D eigenvalue weighted by Crippen LogP contribution is 2.24. The molecule has 3 aromatic carbocycles. The third-order valence-corrected chi connectivity index (χ3v) is 6.43. The Balaban J connectivity index is 1.37. The van der Waals surface area contributed by atoms with Gasteiger partial charge in [-0.2, -0.15) is 0 Å². The van der Waals surface area contributed by atoms with Crippen LogP contribution in [-0.4, -0.2) is 35.6 Å². The van der Waals surface area contributed by atoms with E-state index in [1.54, 1.807) is 23.2 Å². The Morgan fingerprint density at radius 2 is 1.81 bits per heavy atom. The maximum Gasteiger partial charge on any atom is 0.254 e. The van der Waals surface area contributed by atoms with E-state index in [-0.39, 0.29) is 11.7 Å². The molecule has 0 N–H and O–H groups in total. The van der Waals surface area contributed by atoms with Crippen molar-refractivity contribution in [3.63, 3.8) is 0 Å². The van der Waals surface area contributed by atoms with Gasteiger partial charge in [-0.25, -0.2) is 4.39 Å². The number of rotatable bonds is 9. The highest BCUT2D eigenvalue weighted by molar-refractivity contribution is 5.95. The van der Waals surface area contributed by atoms with Crippen LogP contribution in [0, 0.1) is 11.7 Å². The minimum atomic E-state index is -0.291. The van der Waals surface area contributed by atoms with Crippen LogP contribution in [0.15, 0.2) is 97.2 Å². The third kappa shape index (κ3) is 6.60. The quantitative estimate of drug-likeness (QED) is 0.279. The summed E-state index contributed by atoms with van der Waals surface area (Å²) < 4.78 is 24.9. The first-order valence-electron chi connectivity index (χ1n) is 12.5. The molecular weight excluding hydrogens is 467 g/mol. The number of ether oxygens (including phenoxy) is 2. The number of pyridine rings is 1. The molecule has 5 nitrogen and oxygen atoms in total. The number of amides is 1. The van der Waals surface area contributed by atoms with Gasteiger partial charge in [0.15, 0.2) is 0 Å². The van der Waals surface area contributed by atoms with Gasteiger partial charge in [0, 0.05) is 30.8 Å². The van der Waals surface area contributed by atoms with Gasteiger partial charge in [0.2, 0.25) is 0 Å². The number of halogens is 1. The molecule has 1 aliphatic heterocycles. The maximum absolute atomic E-state index is 13.8. The third-order valence-electron chi connectivity index (χ3n) is 6.43. The average Bonchev–Trinajstić information content (AvgIpc) is 3.46. The summed E-state index contributed by atoms with van der Waals surface area (Å²) in [4.78, 5) is 20.0. The summed E-state index contributed by atoms with van der Waals surface area (Å²) in [6.45, 7) is 2.92. The molecular formula is C31H29FN2O3. The van der Waals surface area contributed by atoms with Crippen LogP contribution >= 0.6 is 0 Å². The Hall–Kier alpha value is -4.03. The molecule has 1 saturated heterocycles. The van der Waals surface area contributed by atoms with Crippen molar-refractivity contribution in [1.29, 1.82) is 0 Å². The van der Waals surface area contributed by atoms with E-state index in [4.69, 9.17) is 9.47 Å². The van der Waals surface area contributed by atoms with Crippen molar-refractivity contribution in [2.75, 3.05) is 19.8 Å². The van der Waals surface area contributed by atoms with Crippen molar-refractivity contribution in [2.45, 2.75) is 19.5 Å². The second kappa shape index (κ2) is 11.8. The molecule has 6 heteroatoms. The highest BCUT2D eigenvalue weighted by Gasteiger charge is 2.19. The molecule has 1 aliphatic rings. The van der Waals surface area contributed by atoms with E-state index in [9.17, 15) is 9.18 Å². The normalized spacial score (nSPS) is 14.9. The number of hydrogen-bond donors (Lipinski definition) is 0. The van der Waals surface area contributed by atoms with Crippen LogP contribution in [0.3, 0.4) is 0 Å². The van der Waals surface area contributed by atoms with Crippen LogP contribution in [0.25, 0.3) is 11.1 Å². The number of hydrogen-bond acceptors (Lipinski definition) is 4. The zero-order chi connectivity index (χ0) is 25.5. The average molecular weight is 497 g/mol. The van der Waals surface area contributed by atoms with E-state index < -0.39 is 0 Å². The molecule has 1 amide bonds. The molecule has 0 unspecified atom stereocenters. The summed E-state index contributed by atoms with van der Waals surface area (Å²) >= 11 is 0. The van der Waals surface area contributed by atoms with Gasteiger partial charge in [0.25, 0.3) is 5.91 Å². The molecule has 5 rings (SSSR count). The molecule has 1 atom stereocenters. The molecule has 0 saturated carbocycles. The fourth-order valence-corrected chi connectivity index (χ4v) is 4.43. The van der Waals surface area contributed by atoms with Crippen molar-refractivity contribution in [3.8, 4) is 16.9 Å². The summed E-state index contributed by atoms with van der Waals surface area (Å²) in [5.41, 5.74) is 4.05. The van der Waals surface area contributed by atoms with E-state index in [1.807, 2.05) is 66.7 Å². The van der Waals surface area contributed by atoms with Crippen molar-refractivity contribution in [3.05, 3.63) is 120 Å². The Morgan fingerprint density at radius 1 is 0.946 bits per heavy atom. The first kappa shape index (κ1) is 24.7. The Labute approximate surface area is 216 Å². The lowest BCUT2D eigenvalue weighted by Gasteiger charge is -2.23. The molecule has 1 aromatic heterocycles. The van der Waals surface area contributed by atoms with E-state index in [1.165, 1.54) is 12.1 Å². The number of carbonyl (C=O) groups is 1. The fourth-order valence-electron chi connectivity index (χ4n) is 4.43. The predicted molar refractivity (Wildman–Crippen MR) is 141 cm³/mol. The molecule has 37 heavy (non-hydrogen) atoms. The molecule has 0 bridgehead atoms. The van der Waals surface area contributed by atoms with Gasteiger partial charge in [-0.15, -0.1) is 0 Å². The minimum Gasteiger partial charge on any atom is -0.493 e. The van der Waals surface area contributed by atoms with Gasteiger partial charge in [-0.1, -0.05) is 42.5 Å². The zero-order valence-corrected chi connectivity index (χ0v) is 20.6. The number of carbonyl (C=O) groups excluding carboxylic acids is 1. The summed E-state index contributed by atoms with van der Waals surface area (Å²) in [5, 5.41) is 0. The monoisotopic (exact) mass is 496 g/mol. The largest absolute Gasteiger partial charge is 0.493 e. The van der Waals surface area contributed by atoms with E-state index in [0.717, 1.165) is 47.8 Å². The summed E-state index contributed by atoms with van der Waals surface area (Å²) in [7, 11) is 0. The lowest BCUT2D eigenvalue weighted by atomic mass is 10.0. The smallest absolute Gasteiger partial charge is 0.254 e. The topological polar surface area (TPSA) is 51.7 Å². The fraction of sp³-hybridized carbons (Fsp3) is 0.226. The van der Waals surface area contributed by atoms with Crippen molar-refractivity contribution >= 4 is 5.91 Å². The van der Waals surface area contributed by atoms with Gasteiger partial charge in [0.1, 0.15) is 11.6 Å². The van der Waals surface area contributed by atoms with Crippen molar-refractivity contribution in [2.24, 2.45) is 5.92 Å². The molecule has 0 radical (unpaired) electrons. The summed E-state index contributed by atoms with van der Waals surface area (Å²) in [6, 6.07) is 27.3. The second-order valence-electron chi connectivity index (χ2n) is 9.26. The summed E-state index contributed by atoms with van der Waals surface area (Å²) in [5.74, 6) is 0.802. The number of aromatic nitrogens is 1. The SMILES string of the molecule is O=C(c1cccc(-c2ccc(F)cc2)c1)N(Cc1cccc(OC[C@H]2CCOC2)c1)Cc1ccccn1. The van der Waals surface area contributed by atoms with Crippen LogP contribution in [0.5, 0.6) is 5.75 Å². The number of benzene rings is 3. The molecule has 2 heterocycles. The minimum absolute atomic E-state index is 0.107. The highest BCUT2D eigenvalue weighted by atomic mass is 19.1. The molecule has 0 spiro atoms. The standard InChI is InChI=1S/C31H29FN2O3/c32-28-12-10-25(11-13-28)26-6-4-7-27(18-26)31(35)34(20-29-8-1-2-15-33-29)19-23-5-3-9-30(17-23)37-22-24-14-16-36-21-24/h1-13,15,17-18,24H,14,16,19-22H2/t24-/m0/s1. The molecule has 1 fully saturated rings. The van der Waals surface area contributed by atoms with Crippen molar-refractivity contribution in [1.82, 2.24) is 9.88 Å². The zero-order valence-electron chi connectivity index (χ0n) is 20.6. The number of nitrogens with zero attached hydrogens (tertiary/aromatic N) is 2. The first-order valence-corrected chi connectivity index (χ1v) is 12.5. The molecule has 4 aromatic rings. The van der Waals surface area contributed by atoms with Gasteiger partial charge >= 0.3 is 0 Å². The van der Waals surface area contributed by atoms with E-state index in [2.05, 4.69) is 4.98 Å². The summed E-state index contributed by atoms with van der Waals surface area (Å²) in [6.07, 6.45) is 2.75. The Bertz CT molecular complexity index is 1320.